The highest BCUT2D eigenvalue weighted by atomic mass is 15.5. The number of hydrazine groups is 1. The highest BCUT2D eigenvalue weighted by Crippen LogP contribution is 2.37. The van der Waals surface area contributed by atoms with Crippen LogP contribution in [0.5, 0.6) is 0 Å². The fourth-order valence-electron chi connectivity index (χ4n) is 2.57. The van der Waals surface area contributed by atoms with E-state index in [1.165, 1.54) is 0 Å². The van der Waals surface area contributed by atoms with Crippen LogP contribution in [0.2, 0.25) is 0 Å². The summed E-state index contributed by atoms with van der Waals surface area (Å²) >= 11 is 0. The Morgan fingerprint density at radius 2 is 1.88 bits per heavy atom. The van der Waals surface area contributed by atoms with Crippen molar-refractivity contribution in [1.82, 2.24) is 21.5 Å². The Morgan fingerprint density at radius 1 is 1.21 bits per heavy atom. The molecule has 2 rings (SSSR count). The maximum atomic E-state index is 6.06. The van der Waals surface area contributed by atoms with Gasteiger partial charge in [0.2, 0.25) is 0 Å². The molecule has 0 bridgehead atoms. The molecule has 2 unspecified atom stereocenters. The van der Waals surface area contributed by atoms with Crippen LogP contribution < -0.4 is 55.9 Å². The summed E-state index contributed by atoms with van der Waals surface area (Å²) in [7, 11) is 0. The third-order valence-corrected chi connectivity index (χ3v) is 3.83. The van der Waals surface area contributed by atoms with Gasteiger partial charge in [-0.05, 0) is 13.0 Å². The van der Waals surface area contributed by atoms with E-state index >= 15 is 0 Å². The molecule has 1 aromatic rings. The number of hydrogen-bond acceptors (Lipinski definition) is 11. The second-order valence-electron chi connectivity index (χ2n) is 5.70. The van der Waals surface area contributed by atoms with E-state index in [4.69, 9.17) is 34.4 Å². The highest BCUT2D eigenvalue weighted by Gasteiger charge is 2.47. The molecular weight excluding hydrogens is 310 g/mol. The van der Waals surface area contributed by atoms with Crippen LogP contribution in [-0.2, 0) is 5.66 Å². The molecule has 0 saturated carbocycles. The number of benzene rings is 1. The van der Waals surface area contributed by atoms with Gasteiger partial charge in [-0.3, -0.25) is 27.1 Å². The smallest absolute Gasteiger partial charge is 0.149 e. The van der Waals surface area contributed by atoms with Crippen molar-refractivity contribution in [2.45, 2.75) is 30.8 Å². The average Bonchev–Trinajstić information content (AvgIpc) is 2.77. The number of nitrogens with two attached hydrogens (primary N) is 6. The fourth-order valence-corrected chi connectivity index (χ4v) is 2.57. The zero-order valence-electron chi connectivity index (χ0n) is 13.6. The summed E-state index contributed by atoms with van der Waals surface area (Å²) in [5.74, 6) is -1.58. The SMILES string of the molecule is CC1=Nc2ccccc2C1(NC(N)NNCN)NC(N)(N)C(N)N. The number of nitrogens with one attached hydrogen (secondary N) is 4. The summed E-state index contributed by atoms with van der Waals surface area (Å²) in [4.78, 5) is 4.55. The molecule has 0 saturated heterocycles. The number of para-hydroxylation sites is 1. The zero-order valence-corrected chi connectivity index (χ0v) is 13.6. The molecule has 11 nitrogen and oxygen atoms in total. The Balaban J connectivity index is 2.41. The molecular formula is C13H27N11. The fraction of sp³-hybridized carbons (Fsp3) is 0.462. The largest absolute Gasteiger partial charge is 0.317 e. The lowest BCUT2D eigenvalue weighted by atomic mass is 9.94. The summed E-state index contributed by atoms with van der Waals surface area (Å²) in [5.41, 5.74) is 41.6. The first-order valence-corrected chi connectivity index (χ1v) is 7.48. The molecule has 1 aromatic carbocycles. The first kappa shape index (κ1) is 18.8. The van der Waals surface area contributed by atoms with Crippen LogP contribution in [0.25, 0.3) is 0 Å². The molecule has 134 valence electrons. The Hall–Kier alpha value is -1.51. The Labute approximate surface area is 140 Å². The number of nitrogens with zero attached hydrogens (tertiary/aromatic N) is 1. The molecule has 0 fully saturated rings. The van der Waals surface area contributed by atoms with E-state index < -0.39 is 23.9 Å². The quantitative estimate of drug-likeness (QED) is 0.165. The van der Waals surface area contributed by atoms with Crippen molar-refractivity contribution in [3.05, 3.63) is 29.8 Å². The Kier molecular flexibility index (Phi) is 5.62. The zero-order chi connectivity index (χ0) is 18.0. The first-order chi connectivity index (χ1) is 11.2. The number of rotatable bonds is 8. The van der Waals surface area contributed by atoms with Crippen LogP contribution >= 0.6 is 0 Å². The van der Waals surface area contributed by atoms with Gasteiger partial charge in [0.05, 0.1) is 24.2 Å². The lowest BCUT2D eigenvalue weighted by molar-refractivity contribution is 0.175. The van der Waals surface area contributed by atoms with Crippen LogP contribution in [0.1, 0.15) is 12.5 Å². The van der Waals surface area contributed by atoms with Gasteiger partial charge in [-0.1, -0.05) is 18.2 Å². The lowest BCUT2D eigenvalue weighted by Crippen LogP contribution is -2.81. The third kappa shape index (κ3) is 3.60. The van der Waals surface area contributed by atoms with E-state index in [1.54, 1.807) is 0 Å². The van der Waals surface area contributed by atoms with Crippen molar-refractivity contribution < 1.29 is 0 Å². The summed E-state index contributed by atoms with van der Waals surface area (Å²) < 4.78 is 0. The summed E-state index contributed by atoms with van der Waals surface area (Å²) in [6.07, 6.45) is -1.73. The Bertz CT molecular complexity index is 599. The van der Waals surface area contributed by atoms with Crippen molar-refractivity contribution in [3.8, 4) is 0 Å². The van der Waals surface area contributed by atoms with Gasteiger partial charge in [0.15, 0.2) is 0 Å². The maximum absolute atomic E-state index is 6.06. The van der Waals surface area contributed by atoms with Gasteiger partial charge in [-0.25, -0.2) is 10.9 Å². The van der Waals surface area contributed by atoms with Crippen molar-refractivity contribution in [1.29, 1.82) is 0 Å². The molecule has 0 spiro atoms. The third-order valence-electron chi connectivity index (χ3n) is 3.83. The normalized spacial score (nSPS) is 21.8. The monoisotopic (exact) mass is 337 g/mol. The van der Waals surface area contributed by atoms with Crippen molar-refractivity contribution in [3.63, 3.8) is 0 Å². The number of fused-ring (bicyclic) bond motifs is 1. The summed E-state index contributed by atoms with van der Waals surface area (Å²) in [5, 5.41) is 6.25. The second-order valence-corrected chi connectivity index (χ2v) is 5.70. The molecule has 0 radical (unpaired) electrons. The van der Waals surface area contributed by atoms with Gasteiger partial charge in [-0.2, -0.15) is 0 Å². The second kappa shape index (κ2) is 7.16. The molecule has 11 heteroatoms. The van der Waals surface area contributed by atoms with E-state index in [1.807, 2.05) is 31.2 Å². The van der Waals surface area contributed by atoms with Gasteiger partial charge in [0.25, 0.3) is 0 Å². The molecule has 0 aromatic heterocycles. The predicted molar refractivity (Wildman–Crippen MR) is 93.7 cm³/mol. The van der Waals surface area contributed by atoms with Gasteiger partial charge in [0, 0.05) is 5.56 Å². The first-order valence-electron chi connectivity index (χ1n) is 7.48. The number of hydrogen-bond donors (Lipinski definition) is 10. The molecule has 1 aliphatic rings. The number of aliphatic imine (C=N–C) groups is 1. The van der Waals surface area contributed by atoms with Crippen LogP contribution in [0, 0.1) is 0 Å². The molecule has 2 atom stereocenters. The lowest BCUT2D eigenvalue weighted by Gasteiger charge is -2.43. The minimum absolute atomic E-state index is 0.199. The average molecular weight is 337 g/mol. The van der Waals surface area contributed by atoms with Gasteiger partial charge >= 0.3 is 0 Å². The maximum Gasteiger partial charge on any atom is 0.149 e. The van der Waals surface area contributed by atoms with E-state index in [-0.39, 0.29) is 6.67 Å². The van der Waals surface area contributed by atoms with Crippen LogP contribution in [0.4, 0.5) is 5.69 Å². The van der Waals surface area contributed by atoms with E-state index in [2.05, 4.69) is 26.5 Å². The van der Waals surface area contributed by atoms with Gasteiger partial charge in [-0.15, -0.1) is 0 Å². The molecule has 24 heavy (non-hydrogen) atoms. The summed E-state index contributed by atoms with van der Waals surface area (Å²) in [6, 6.07) is 7.51. The minimum Gasteiger partial charge on any atom is -0.317 e. The van der Waals surface area contributed by atoms with E-state index in [0.717, 1.165) is 11.3 Å². The molecule has 0 amide bonds. The standard InChI is InChI=1S/C13H27N11/c1-7-12(22-11(17)23-20-6-14,24-13(18,19)10(15)16)8-4-2-3-5-9(8)21-7/h2-5,10-11,20,22-24H,6,14-19H2,1H3. The van der Waals surface area contributed by atoms with Crippen molar-refractivity contribution >= 4 is 11.4 Å². The Morgan fingerprint density at radius 3 is 2.50 bits per heavy atom. The molecule has 1 aliphatic heterocycles. The van der Waals surface area contributed by atoms with Gasteiger partial charge < -0.3 is 22.9 Å². The van der Waals surface area contributed by atoms with Crippen LogP contribution in [0.3, 0.4) is 0 Å². The van der Waals surface area contributed by atoms with Crippen LogP contribution in [0.15, 0.2) is 29.3 Å². The van der Waals surface area contributed by atoms with Gasteiger partial charge in [0.1, 0.15) is 17.7 Å². The minimum atomic E-state index is -1.58. The molecule has 16 N–H and O–H groups in total. The molecule has 1 heterocycles. The van der Waals surface area contributed by atoms with E-state index in [0.29, 0.717) is 5.71 Å². The topological polar surface area (TPSA) is 217 Å². The predicted octanol–water partition coefficient (Wildman–Crippen LogP) is -3.81. The van der Waals surface area contributed by atoms with E-state index in [9.17, 15) is 0 Å². The molecule has 0 aliphatic carbocycles. The highest BCUT2D eigenvalue weighted by molar-refractivity contribution is 5.99. The van der Waals surface area contributed by atoms with Crippen LogP contribution in [-0.4, -0.2) is 30.6 Å². The summed E-state index contributed by atoms with van der Waals surface area (Å²) in [6.45, 7) is 2.02. The van der Waals surface area contributed by atoms with Crippen molar-refractivity contribution in [2.24, 2.45) is 39.4 Å². The van der Waals surface area contributed by atoms with Crippen molar-refractivity contribution in [2.75, 3.05) is 6.67 Å².